The monoisotopic (exact) mass is 293 g/mol. The summed E-state index contributed by atoms with van der Waals surface area (Å²) in [5.74, 6) is 5.21. The van der Waals surface area contributed by atoms with E-state index in [9.17, 15) is 14.9 Å². The molecule has 0 aliphatic heterocycles. The third kappa shape index (κ3) is 3.31. The Morgan fingerprint density at radius 2 is 2.00 bits per heavy atom. The Hall–Kier alpha value is -2.45. The second-order valence-electron chi connectivity index (χ2n) is 3.78. The molecule has 0 unspecified atom stereocenters. The second-order valence-corrected chi connectivity index (χ2v) is 4.95. The maximum absolute atomic E-state index is 11.3. The topological polar surface area (TPSA) is 107 Å². The molecule has 3 N–H and O–H groups in total. The van der Waals surface area contributed by atoms with Crippen LogP contribution >= 0.6 is 11.3 Å². The lowest BCUT2D eigenvalue weighted by Gasteiger charge is -2.03. The molecule has 0 saturated carbocycles. The predicted molar refractivity (Wildman–Crippen MR) is 73.4 cm³/mol. The zero-order chi connectivity index (χ0) is 14.5. The van der Waals surface area contributed by atoms with Crippen LogP contribution in [0, 0.1) is 10.1 Å². The van der Waals surface area contributed by atoms with E-state index in [0.717, 1.165) is 4.88 Å². The molecule has 0 bridgehead atoms. The first kappa shape index (κ1) is 14.0. The van der Waals surface area contributed by atoms with Gasteiger partial charge in [0.1, 0.15) is 12.4 Å². The fraction of sp³-hybridized carbons (Fsp3) is 0.0833. The van der Waals surface area contributed by atoms with Gasteiger partial charge in [-0.25, -0.2) is 5.84 Å². The third-order valence-corrected chi connectivity index (χ3v) is 3.50. The van der Waals surface area contributed by atoms with Crippen LogP contribution in [0.25, 0.3) is 0 Å². The van der Waals surface area contributed by atoms with Crippen molar-refractivity contribution in [1.29, 1.82) is 0 Å². The molecule has 7 nitrogen and oxygen atoms in total. The summed E-state index contributed by atoms with van der Waals surface area (Å²) in [4.78, 5) is 22.6. The molecule has 0 atom stereocenters. The van der Waals surface area contributed by atoms with E-state index in [1.54, 1.807) is 12.1 Å². The first-order valence-corrected chi connectivity index (χ1v) is 6.38. The number of hydrazine groups is 1. The molecule has 8 heteroatoms. The lowest BCUT2D eigenvalue weighted by atomic mass is 10.3. The third-order valence-electron chi connectivity index (χ3n) is 2.45. The molecule has 0 radical (unpaired) electrons. The molecule has 1 heterocycles. The predicted octanol–water partition coefficient (Wildman–Crippen LogP) is 1.84. The van der Waals surface area contributed by atoms with Gasteiger partial charge < -0.3 is 4.74 Å². The number of nitrogens with one attached hydrogen (secondary N) is 1. The van der Waals surface area contributed by atoms with Crippen LogP contribution in [-0.4, -0.2) is 10.8 Å². The van der Waals surface area contributed by atoms with Crippen molar-refractivity contribution in [2.75, 3.05) is 0 Å². The van der Waals surface area contributed by atoms with Gasteiger partial charge in [0, 0.05) is 17.0 Å². The summed E-state index contributed by atoms with van der Waals surface area (Å²) in [6.45, 7) is 0.278. The van der Waals surface area contributed by atoms with Crippen molar-refractivity contribution < 1.29 is 14.5 Å². The van der Waals surface area contributed by atoms with Gasteiger partial charge in [0.25, 0.3) is 11.6 Å². The lowest BCUT2D eigenvalue weighted by Crippen LogP contribution is -2.29. The molecular formula is C12H11N3O4S. The van der Waals surface area contributed by atoms with Crippen molar-refractivity contribution >= 4 is 22.9 Å². The van der Waals surface area contributed by atoms with Gasteiger partial charge in [0.05, 0.1) is 9.80 Å². The SMILES string of the molecule is NNC(=O)c1ccc(COc2ccc([N+](=O)[O-])cc2)s1. The van der Waals surface area contributed by atoms with E-state index >= 15 is 0 Å². The molecule has 20 heavy (non-hydrogen) atoms. The van der Waals surface area contributed by atoms with Crippen LogP contribution in [0.1, 0.15) is 14.5 Å². The molecule has 1 amide bonds. The molecule has 1 aromatic carbocycles. The number of nitro groups is 1. The van der Waals surface area contributed by atoms with Crippen LogP contribution in [0.5, 0.6) is 5.75 Å². The number of thiophene rings is 1. The largest absolute Gasteiger partial charge is 0.488 e. The number of hydrogen-bond acceptors (Lipinski definition) is 6. The molecule has 0 spiro atoms. The van der Waals surface area contributed by atoms with Gasteiger partial charge in [-0.15, -0.1) is 11.3 Å². The molecule has 0 aliphatic carbocycles. The highest BCUT2D eigenvalue weighted by molar-refractivity contribution is 7.14. The molecule has 0 saturated heterocycles. The highest BCUT2D eigenvalue weighted by atomic mass is 32.1. The highest BCUT2D eigenvalue weighted by Gasteiger charge is 2.08. The molecule has 104 valence electrons. The first-order valence-electron chi connectivity index (χ1n) is 5.57. The zero-order valence-corrected chi connectivity index (χ0v) is 11.1. The van der Waals surface area contributed by atoms with Crippen molar-refractivity contribution in [1.82, 2.24) is 5.43 Å². The van der Waals surface area contributed by atoms with Crippen LogP contribution in [0.2, 0.25) is 0 Å². The minimum absolute atomic E-state index is 0.00961. The molecular weight excluding hydrogens is 282 g/mol. The Bertz CT molecular complexity index is 624. The molecule has 0 fully saturated rings. The Labute approximate surface area is 118 Å². The second kappa shape index (κ2) is 6.13. The van der Waals surface area contributed by atoms with Crippen molar-refractivity contribution in [3.05, 3.63) is 56.3 Å². The van der Waals surface area contributed by atoms with Gasteiger partial charge in [-0.1, -0.05) is 0 Å². The fourth-order valence-electron chi connectivity index (χ4n) is 1.47. The van der Waals surface area contributed by atoms with Gasteiger partial charge in [-0.3, -0.25) is 20.3 Å². The van der Waals surface area contributed by atoms with Crippen LogP contribution in [0.15, 0.2) is 36.4 Å². The number of carbonyl (C=O) groups excluding carboxylic acids is 1. The maximum Gasteiger partial charge on any atom is 0.275 e. The summed E-state index contributed by atoms with van der Waals surface area (Å²) < 4.78 is 5.48. The minimum Gasteiger partial charge on any atom is -0.488 e. The number of hydrogen-bond donors (Lipinski definition) is 2. The van der Waals surface area contributed by atoms with E-state index in [0.29, 0.717) is 10.6 Å². The number of benzene rings is 1. The normalized spacial score (nSPS) is 10.1. The van der Waals surface area contributed by atoms with E-state index in [1.165, 1.54) is 35.6 Å². The average molecular weight is 293 g/mol. The number of nitrogen functional groups attached to an aromatic ring is 1. The zero-order valence-electron chi connectivity index (χ0n) is 10.2. The summed E-state index contributed by atoms with van der Waals surface area (Å²) in [7, 11) is 0. The summed E-state index contributed by atoms with van der Waals surface area (Å²) in [6, 6.07) is 9.22. The minimum atomic E-state index is -0.471. The van der Waals surface area contributed by atoms with Crippen molar-refractivity contribution in [3.63, 3.8) is 0 Å². The number of non-ortho nitro benzene ring substituents is 1. The number of carbonyl (C=O) groups is 1. The smallest absolute Gasteiger partial charge is 0.275 e. The summed E-state index contributed by atoms with van der Waals surface area (Å²) in [5.41, 5.74) is 2.06. The Morgan fingerprint density at radius 1 is 1.30 bits per heavy atom. The standard InChI is InChI=1S/C12H11N3O4S/c13-14-12(16)11-6-5-10(20-11)7-19-9-3-1-8(2-4-9)15(17)18/h1-6H,7,13H2,(H,14,16). The van der Waals surface area contributed by atoms with E-state index in [1.807, 2.05) is 0 Å². The number of ether oxygens (including phenoxy) is 1. The van der Waals surface area contributed by atoms with Gasteiger partial charge in [0.15, 0.2) is 0 Å². The van der Waals surface area contributed by atoms with Crippen molar-refractivity contribution in [2.45, 2.75) is 6.61 Å². The fourth-order valence-corrected chi connectivity index (χ4v) is 2.29. The molecule has 2 aromatic rings. The van der Waals surface area contributed by atoms with Crippen LogP contribution in [0.3, 0.4) is 0 Å². The van der Waals surface area contributed by atoms with E-state index < -0.39 is 4.92 Å². The average Bonchev–Trinajstić information content (AvgIpc) is 2.93. The summed E-state index contributed by atoms with van der Waals surface area (Å²) in [5, 5.41) is 10.5. The van der Waals surface area contributed by atoms with Gasteiger partial charge in [-0.2, -0.15) is 0 Å². The van der Waals surface area contributed by atoms with Gasteiger partial charge >= 0.3 is 0 Å². The van der Waals surface area contributed by atoms with Crippen LogP contribution < -0.4 is 16.0 Å². The Morgan fingerprint density at radius 3 is 2.60 bits per heavy atom. The number of nitrogens with zero attached hydrogens (tertiary/aromatic N) is 1. The highest BCUT2D eigenvalue weighted by Crippen LogP contribution is 2.21. The summed E-state index contributed by atoms with van der Waals surface area (Å²) >= 11 is 1.27. The van der Waals surface area contributed by atoms with E-state index in [4.69, 9.17) is 10.6 Å². The Balaban J connectivity index is 1.96. The van der Waals surface area contributed by atoms with E-state index in [-0.39, 0.29) is 18.2 Å². The quantitative estimate of drug-likeness (QED) is 0.378. The van der Waals surface area contributed by atoms with Crippen LogP contribution in [0.4, 0.5) is 5.69 Å². The maximum atomic E-state index is 11.3. The molecule has 1 aromatic heterocycles. The summed E-state index contributed by atoms with van der Waals surface area (Å²) in [6.07, 6.45) is 0. The Kier molecular flexibility index (Phi) is 4.28. The molecule has 2 rings (SSSR count). The number of rotatable bonds is 5. The van der Waals surface area contributed by atoms with Crippen molar-refractivity contribution in [3.8, 4) is 5.75 Å². The van der Waals surface area contributed by atoms with Gasteiger partial charge in [-0.05, 0) is 24.3 Å². The van der Waals surface area contributed by atoms with Crippen LogP contribution in [-0.2, 0) is 6.61 Å². The number of nitro benzene ring substituents is 1. The van der Waals surface area contributed by atoms with Crippen molar-refractivity contribution in [2.24, 2.45) is 5.84 Å². The lowest BCUT2D eigenvalue weighted by molar-refractivity contribution is -0.384. The number of nitrogens with two attached hydrogens (primary N) is 1. The number of amides is 1. The first-order chi connectivity index (χ1) is 9.60. The van der Waals surface area contributed by atoms with Gasteiger partial charge in [0.2, 0.25) is 0 Å². The molecule has 0 aliphatic rings. The van der Waals surface area contributed by atoms with E-state index in [2.05, 4.69) is 5.43 Å².